The number of rotatable bonds is 5. The molecule has 0 radical (unpaired) electrons. The molecule has 8 heteroatoms. The molecule has 0 aromatic carbocycles. The number of carbonyl (C=O) groups is 4. The van der Waals surface area contributed by atoms with Crippen molar-refractivity contribution in [2.45, 2.75) is 85.9 Å². The Morgan fingerprint density at radius 3 is 2.49 bits per heavy atom. The lowest BCUT2D eigenvalue weighted by atomic mass is 9.40. The number of methoxy groups -OCH3 is 1. The van der Waals surface area contributed by atoms with Crippen molar-refractivity contribution in [1.82, 2.24) is 0 Å². The summed E-state index contributed by atoms with van der Waals surface area (Å²) in [5, 5.41) is 0. The van der Waals surface area contributed by atoms with Crippen LogP contribution < -0.4 is 0 Å². The molecule has 0 amide bonds. The van der Waals surface area contributed by atoms with Crippen molar-refractivity contribution in [3.05, 3.63) is 35.3 Å². The van der Waals surface area contributed by atoms with Crippen molar-refractivity contribution in [2.75, 3.05) is 7.11 Å². The molecule has 1 saturated heterocycles. The smallest absolute Gasteiger partial charge is 0.310 e. The van der Waals surface area contributed by atoms with Crippen LogP contribution in [0.5, 0.6) is 0 Å². The highest BCUT2D eigenvalue weighted by Crippen LogP contribution is 2.68. The summed E-state index contributed by atoms with van der Waals surface area (Å²) in [6.07, 6.45) is 4.11. The lowest BCUT2D eigenvalue weighted by molar-refractivity contribution is -0.200. The van der Waals surface area contributed by atoms with Crippen LogP contribution in [-0.2, 0) is 33.4 Å². The van der Waals surface area contributed by atoms with Crippen LogP contribution in [-0.4, -0.2) is 36.9 Å². The number of allylic oxidation sites excluding steroid dienone is 1. The minimum Gasteiger partial charge on any atom is -0.472 e. The highest BCUT2D eigenvalue weighted by molar-refractivity contribution is 5.92. The highest BCUT2D eigenvalue weighted by Gasteiger charge is 2.68. The Morgan fingerprint density at radius 2 is 1.87 bits per heavy atom. The van der Waals surface area contributed by atoms with Crippen molar-refractivity contribution >= 4 is 23.7 Å². The summed E-state index contributed by atoms with van der Waals surface area (Å²) in [6, 6.07) is 1.83. The fourth-order valence-electron chi connectivity index (χ4n) is 8.46. The molecular weight excluding hydrogens is 500 g/mol. The molecule has 8 nitrogen and oxygen atoms in total. The van der Waals surface area contributed by atoms with Crippen LogP contribution in [0.3, 0.4) is 0 Å². The van der Waals surface area contributed by atoms with Crippen LogP contribution in [0.2, 0.25) is 0 Å². The Kier molecular flexibility index (Phi) is 6.62. The molecule has 4 aliphatic rings. The maximum atomic E-state index is 14.4. The van der Waals surface area contributed by atoms with E-state index in [0.29, 0.717) is 6.42 Å². The molecule has 1 unspecified atom stereocenters. The van der Waals surface area contributed by atoms with Gasteiger partial charge in [-0.2, -0.15) is 0 Å². The summed E-state index contributed by atoms with van der Waals surface area (Å²) in [5.41, 5.74) is 0.943. The van der Waals surface area contributed by atoms with Crippen molar-refractivity contribution < 1.29 is 37.8 Å². The zero-order valence-corrected chi connectivity index (χ0v) is 24.0. The molecule has 212 valence electrons. The minimum absolute atomic E-state index is 0.0417. The summed E-state index contributed by atoms with van der Waals surface area (Å²) in [4.78, 5) is 53.0. The fourth-order valence-corrected chi connectivity index (χ4v) is 8.46. The molecule has 1 aromatic heterocycles. The van der Waals surface area contributed by atoms with Crippen LogP contribution in [0.1, 0.15) is 85.3 Å². The largest absolute Gasteiger partial charge is 0.472 e. The number of Topliss-reactive ketones (excluding diaryl/α,β-unsaturated/α-hetero) is 1. The SMILES string of the molecule is COC(=O)C[C@H]1C(C)(C)[C@H](OC(=O)C(C)C)[C@H]2CC3=C4CC(=O)O[C@@H](c5ccoc5)[C@]4(C)CCC3[C@@]1(C)C2=O. The van der Waals surface area contributed by atoms with Gasteiger partial charge < -0.3 is 18.6 Å². The Hall–Kier alpha value is -2.90. The van der Waals surface area contributed by atoms with Gasteiger partial charge in [0.05, 0.1) is 37.9 Å². The van der Waals surface area contributed by atoms with Gasteiger partial charge in [0, 0.05) is 28.2 Å². The third-order valence-electron chi connectivity index (χ3n) is 10.5. The average molecular weight is 541 g/mol. The van der Waals surface area contributed by atoms with E-state index in [9.17, 15) is 19.2 Å². The summed E-state index contributed by atoms with van der Waals surface area (Å²) in [5.74, 6) is -2.49. The van der Waals surface area contributed by atoms with Crippen molar-refractivity contribution in [3.63, 3.8) is 0 Å². The monoisotopic (exact) mass is 540 g/mol. The summed E-state index contributed by atoms with van der Waals surface area (Å²) >= 11 is 0. The van der Waals surface area contributed by atoms with Crippen molar-refractivity contribution in [2.24, 2.45) is 39.9 Å². The normalized spacial score (nSPS) is 37.1. The van der Waals surface area contributed by atoms with Crippen molar-refractivity contribution in [3.8, 4) is 0 Å². The van der Waals surface area contributed by atoms with E-state index in [2.05, 4.69) is 6.92 Å². The van der Waals surface area contributed by atoms with Crippen LogP contribution in [0, 0.1) is 39.9 Å². The number of hydrogen-bond acceptors (Lipinski definition) is 8. The zero-order chi connectivity index (χ0) is 28.5. The van der Waals surface area contributed by atoms with Crippen LogP contribution in [0.25, 0.3) is 0 Å². The second kappa shape index (κ2) is 9.34. The Morgan fingerprint density at radius 1 is 1.15 bits per heavy atom. The maximum absolute atomic E-state index is 14.4. The number of ketones is 1. The second-order valence-corrected chi connectivity index (χ2v) is 13.2. The lowest BCUT2D eigenvalue weighted by Crippen LogP contribution is -2.66. The first-order valence-electron chi connectivity index (χ1n) is 14.0. The van der Waals surface area contributed by atoms with Gasteiger partial charge in [-0.15, -0.1) is 0 Å². The molecular formula is C31H40O8. The molecule has 0 N–H and O–H groups in total. The van der Waals surface area contributed by atoms with Gasteiger partial charge in [-0.05, 0) is 42.7 Å². The van der Waals surface area contributed by atoms with Crippen LogP contribution in [0.4, 0.5) is 0 Å². The number of esters is 3. The first-order valence-corrected chi connectivity index (χ1v) is 14.0. The van der Waals surface area contributed by atoms with E-state index in [1.54, 1.807) is 26.4 Å². The predicted molar refractivity (Wildman–Crippen MR) is 140 cm³/mol. The van der Waals surface area contributed by atoms with E-state index < -0.39 is 46.3 Å². The molecule has 7 atom stereocenters. The molecule has 1 aliphatic heterocycles. The molecule has 3 fully saturated rings. The van der Waals surface area contributed by atoms with Gasteiger partial charge in [0.25, 0.3) is 0 Å². The van der Waals surface area contributed by atoms with Crippen LogP contribution >= 0.6 is 0 Å². The molecule has 2 heterocycles. The fraction of sp³-hybridized carbons (Fsp3) is 0.677. The standard InChI is InChI=1S/C31H40O8/c1-16(2)28(35)39-27-19-12-18-20(31(6,25(19)34)22(29(27,3)4)14-23(32)36-7)8-10-30(5)21(18)13-24(33)38-26(30)17-9-11-37-15-17/h9,11,15-16,19-20,22,26-27H,8,10,12-14H2,1-7H3/t19-,20?,22-,26-,27+,30+,31+/m0/s1. The summed E-state index contributed by atoms with van der Waals surface area (Å²) in [6.45, 7) is 11.7. The molecule has 3 aliphatic carbocycles. The number of cyclic esters (lactones) is 1. The second-order valence-electron chi connectivity index (χ2n) is 13.2. The molecule has 1 aromatic rings. The predicted octanol–water partition coefficient (Wildman–Crippen LogP) is 5.36. The third-order valence-corrected chi connectivity index (χ3v) is 10.5. The van der Waals surface area contributed by atoms with Crippen LogP contribution in [0.15, 0.2) is 34.2 Å². The van der Waals surface area contributed by atoms with E-state index in [0.717, 1.165) is 29.6 Å². The minimum atomic E-state index is -0.877. The number of carbonyl (C=O) groups excluding carboxylic acids is 4. The molecule has 2 saturated carbocycles. The van der Waals surface area contributed by atoms with E-state index in [-0.39, 0.29) is 42.4 Å². The summed E-state index contributed by atoms with van der Waals surface area (Å²) in [7, 11) is 1.35. The number of furan rings is 1. The van der Waals surface area contributed by atoms with Gasteiger partial charge in [-0.25, -0.2) is 0 Å². The number of hydrogen-bond donors (Lipinski definition) is 0. The zero-order valence-electron chi connectivity index (χ0n) is 24.0. The van der Waals surface area contributed by atoms with Gasteiger partial charge in [-0.3, -0.25) is 19.2 Å². The van der Waals surface area contributed by atoms with E-state index >= 15 is 0 Å². The first kappa shape index (κ1) is 27.7. The maximum Gasteiger partial charge on any atom is 0.310 e. The van der Waals surface area contributed by atoms with Gasteiger partial charge in [-0.1, -0.05) is 47.1 Å². The number of ether oxygens (including phenoxy) is 3. The lowest BCUT2D eigenvalue weighted by Gasteiger charge is -2.63. The van der Waals surface area contributed by atoms with Gasteiger partial charge in [0.1, 0.15) is 18.0 Å². The molecule has 2 bridgehead atoms. The Labute approximate surface area is 229 Å². The molecule has 5 rings (SSSR count). The first-order chi connectivity index (χ1) is 18.3. The number of fused-ring (bicyclic) bond motifs is 5. The van der Waals surface area contributed by atoms with Gasteiger partial charge >= 0.3 is 17.9 Å². The molecule has 0 spiro atoms. The highest BCUT2D eigenvalue weighted by atomic mass is 16.6. The molecule has 39 heavy (non-hydrogen) atoms. The Bertz CT molecular complexity index is 1220. The van der Waals surface area contributed by atoms with E-state index in [1.807, 2.05) is 26.8 Å². The van der Waals surface area contributed by atoms with Crippen molar-refractivity contribution in [1.29, 1.82) is 0 Å². The third kappa shape index (κ3) is 4.00. The van der Waals surface area contributed by atoms with Gasteiger partial charge in [0.2, 0.25) is 0 Å². The topological polar surface area (TPSA) is 109 Å². The van der Waals surface area contributed by atoms with E-state index in [4.69, 9.17) is 18.6 Å². The summed E-state index contributed by atoms with van der Waals surface area (Å²) < 4.78 is 22.5. The average Bonchev–Trinajstić information content (AvgIpc) is 3.41. The van der Waals surface area contributed by atoms with Gasteiger partial charge in [0.15, 0.2) is 0 Å². The van der Waals surface area contributed by atoms with E-state index in [1.165, 1.54) is 7.11 Å². The Balaban J connectivity index is 1.68. The quantitative estimate of drug-likeness (QED) is 0.279.